The minimum absolute atomic E-state index is 0.872. The van der Waals surface area contributed by atoms with Crippen LogP contribution in [0.1, 0.15) is 5.56 Å². The molecule has 1 aromatic carbocycles. The normalized spacial score (nSPS) is 11.3. The summed E-state index contributed by atoms with van der Waals surface area (Å²) in [6, 6.07) is 10.6. The smallest absolute Gasteiger partial charge is 0.138 e. The van der Waals surface area contributed by atoms with Gasteiger partial charge in [-0.3, -0.25) is 4.40 Å². The first kappa shape index (κ1) is 8.92. The Labute approximate surface area is 95.7 Å². The lowest BCUT2D eigenvalue weighted by atomic mass is 10.1. The highest BCUT2D eigenvalue weighted by atomic mass is 79.9. The number of nitrogens with zero attached hydrogens (tertiary/aromatic N) is 2. The van der Waals surface area contributed by atoms with Gasteiger partial charge in [-0.05, 0) is 52.0 Å². The Balaban J connectivity index is 2.56. The summed E-state index contributed by atoms with van der Waals surface area (Å²) in [5.41, 5.74) is 3.44. The van der Waals surface area contributed by atoms with Crippen molar-refractivity contribution in [1.29, 1.82) is 0 Å². The van der Waals surface area contributed by atoms with Gasteiger partial charge in [-0.2, -0.15) is 0 Å². The topological polar surface area (TPSA) is 17.3 Å². The summed E-state index contributed by atoms with van der Waals surface area (Å²) in [7, 11) is 0. The predicted molar refractivity (Wildman–Crippen MR) is 65.1 cm³/mol. The molecule has 0 aliphatic rings. The van der Waals surface area contributed by atoms with Crippen LogP contribution in [0.4, 0.5) is 0 Å². The van der Waals surface area contributed by atoms with E-state index in [0.29, 0.717) is 0 Å². The van der Waals surface area contributed by atoms with Crippen molar-refractivity contribution in [1.82, 2.24) is 9.38 Å². The van der Waals surface area contributed by atoms with E-state index in [-0.39, 0.29) is 0 Å². The van der Waals surface area contributed by atoms with E-state index in [4.69, 9.17) is 0 Å². The first-order chi connectivity index (χ1) is 7.24. The highest BCUT2D eigenvalue weighted by molar-refractivity contribution is 9.10. The number of fused-ring (bicyclic) bond motifs is 3. The maximum Gasteiger partial charge on any atom is 0.138 e. The molecule has 0 aliphatic heterocycles. The van der Waals surface area contributed by atoms with Crippen molar-refractivity contribution in [3.63, 3.8) is 0 Å². The van der Waals surface area contributed by atoms with Crippen LogP contribution in [0.2, 0.25) is 0 Å². The van der Waals surface area contributed by atoms with Crippen molar-refractivity contribution in [3.05, 3.63) is 46.7 Å². The molecule has 2 aromatic heterocycles. The minimum atomic E-state index is 0.872. The highest BCUT2D eigenvalue weighted by Crippen LogP contribution is 2.20. The first-order valence-corrected chi connectivity index (χ1v) is 5.57. The zero-order valence-corrected chi connectivity index (χ0v) is 9.82. The van der Waals surface area contributed by atoms with Crippen LogP contribution in [-0.4, -0.2) is 9.38 Å². The van der Waals surface area contributed by atoms with E-state index in [2.05, 4.69) is 56.5 Å². The van der Waals surface area contributed by atoms with E-state index in [0.717, 1.165) is 10.3 Å². The molecule has 0 N–H and O–H groups in total. The lowest BCUT2D eigenvalue weighted by Gasteiger charge is -2.02. The van der Waals surface area contributed by atoms with Crippen LogP contribution in [-0.2, 0) is 0 Å². The van der Waals surface area contributed by atoms with Gasteiger partial charge < -0.3 is 0 Å². The maximum absolute atomic E-state index is 4.37. The Morgan fingerprint density at radius 3 is 2.87 bits per heavy atom. The lowest BCUT2D eigenvalue weighted by molar-refractivity contribution is 1.25. The zero-order valence-electron chi connectivity index (χ0n) is 8.24. The molecule has 15 heavy (non-hydrogen) atoms. The SMILES string of the molecule is Cc1ccc2ccc3nc(Br)cn3c2c1. The molecule has 0 saturated carbocycles. The summed E-state index contributed by atoms with van der Waals surface area (Å²) in [6.07, 6.45) is 2.00. The third kappa shape index (κ3) is 1.35. The monoisotopic (exact) mass is 260 g/mol. The Kier molecular flexibility index (Phi) is 1.83. The third-order valence-electron chi connectivity index (χ3n) is 2.56. The quantitative estimate of drug-likeness (QED) is 0.604. The van der Waals surface area contributed by atoms with E-state index in [1.807, 2.05) is 12.3 Å². The van der Waals surface area contributed by atoms with Gasteiger partial charge in [0, 0.05) is 6.20 Å². The van der Waals surface area contributed by atoms with Crippen molar-refractivity contribution in [3.8, 4) is 0 Å². The molecular formula is C12H9BrN2. The molecule has 3 rings (SSSR count). The van der Waals surface area contributed by atoms with Gasteiger partial charge in [0.25, 0.3) is 0 Å². The van der Waals surface area contributed by atoms with Crippen molar-refractivity contribution >= 4 is 32.5 Å². The number of rotatable bonds is 0. The number of imidazole rings is 1. The molecule has 3 heteroatoms. The standard InChI is InChI=1S/C12H9BrN2/c1-8-2-3-9-4-5-12-14-11(13)7-15(12)10(9)6-8/h2-7H,1H3. The summed E-state index contributed by atoms with van der Waals surface area (Å²) in [5.74, 6) is 0. The van der Waals surface area contributed by atoms with Gasteiger partial charge in [-0.1, -0.05) is 12.1 Å². The molecule has 0 unspecified atom stereocenters. The number of hydrogen-bond acceptors (Lipinski definition) is 1. The second-order valence-electron chi connectivity index (χ2n) is 3.69. The van der Waals surface area contributed by atoms with Crippen LogP contribution >= 0.6 is 15.9 Å². The summed E-state index contributed by atoms with van der Waals surface area (Å²) in [6.45, 7) is 2.10. The average molecular weight is 261 g/mol. The Morgan fingerprint density at radius 2 is 2.00 bits per heavy atom. The minimum Gasteiger partial charge on any atom is -0.298 e. The molecule has 0 bridgehead atoms. The lowest BCUT2D eigenvalue weighted by Crippen LogP contribution is -1.87. The number of aryl methyl sites for hydroxylation is 1. The maximum atomic E-state index is 4.37. The molecule has 3 aromatic rings. The molecule has 0 fully saturated rings. The van der Waals surface area contributed by atoms with Crippen LogP contribution in [0.5, 0.6) is 0 Å². The summed E-state index contributed by atoms with van der Waals surface area (Å²) in [4.78, 5) is 4.37. The van der Waals surface area contributed by atoms with Gasteiger partial charge in [0.15, 0.2) is 0 Å². The van der Waals surface area contributed by atoms with Gasteiger partial charge in [0.05, 0.1) is 5.52 Å². The Morgan fingerprint density at radius 1 is 1.20 bits per heavy atom. The van der Waals surface area contributed by atoms with E-state index < -0.39 is 0 Å². The number of halogens is 1. The number of benzene rings is 1. The van der Waals surface area contributed by atoms with Crippen molar-refractivity contribution in [2.45, 2.75) is 6.92 Å². The van der Waals surface area contributed by atoms with E-state index in [1.54, 1.807) is 0 Å². The molecule has 0 saturated heterocycles. The van der Waals surface area contributed by atoms with E-state index in [1.165, 1.54) is 16.5 Å². The summed E-state index contributed by atoms with van der Waals surface area (Å²) < 4.78 is 2.98. The Hall–Kier alpha value is -1.35. The third-order valence-corrected chi connectivity index (χ3v) is 2.94. The van der Waals surface area contributed by atoms with E-state index >= 15 is 0 Å². The molecule has 0 atom stereocenters. The molecule has 0 aliphatic carbocycles. The molecule has 0 radical (unpaired) electrons. The fourth-order valence-electron chi connectivity index (χ4n) is 1.84. The van der Waals surface area contributed by atoms with Crippen LogP contribution in [0.3, 0.4) is 0 Å². The van der Waals surface area contributed by atoms with Gasteiger partial charge in [0.2, 0.25) is 0 Å². The van der Waals surface area contributed by atoms with Gasteiger partial charge in [-0.15, -0.1) is 0 Å². The van der Waals surface area contributed by atoms with Crippen molar-refractivity contribution in [2.75, 3.05) is 0 Å². The second kappa shape index (κ2) is 3.07. The number of aromatic nitrogens is 2. The van der Waals surface area contributed by atoms with Crippen LogP contribution in [0.25, 0.3) is 16.6 Å². The molecule has 74 valence electrons. The van der Waals surface area contributed by atoms with Crippen LogP contribution in [0, 0.1) is 6.92 Å². The molecule has 0 spiro atoms. The van der Waals surface area contributed by atoms with Gasteiger partial charge in [-0.25, -0.2) is 4.98 Å². The fraction of sp³-hybridized carbons (Fsp3) is 0.0833. The van der Waals surface area contributed by atoms with Crippen LogP contribution in [0.15, 0.2) is 41.1 Å². The predicted octanol–water partition coefficient (Wildman–Crippen LogP) is 3.56. The molecular weight excluding hydrogens is 252 g/mol. The molecule has 0 amide bonds. The fourth-order valence-corrected chi connectivity index (χ4v) is 2.23. The van der Waals surface area contributed by atoms with Crippen LogP contribution < -0.4 is 0 Å². The zero-order chi connectivity index (χ0) is 10.4. The van der Waals surface area contributed by atoms with Gasteiger partial charge in [0.1, 0.15) is 10.3 Å². The summed E-state index contributed by atoms with van der Waals surface area (Å²) in [5, 5.41) is 1.23. The summed E-state index contributed by atoms with van der Waals surface area (Å²) >= 11 is 3.40. The van der Waals surface area contributed by atoms with Gasteiger partial charge >= 0.3 is 0 Å². The average Bonchev–Trinajstić information content (AvgIpc) is 2.58. The first-order valence-electron chi connectivity index (χ1n) is 4.78. The molecule has 2 nitrogen and oxygen atoms in total. The van der Waals surface area contributed by atoms with Crippen molar-refractivity contribution < 1.29 is 0 Å². The number of hydrogen-bond donors (Lipinski definition) is 0. The largest absolute Gasteiger partial charge is 0.298 e. The molecule has 2 heterocycles. The van der Waals surface area contributed by atoms with Crippen molar-refractivity contribution in [2.24, 2.45) is 0 Å². The Bertz CT molecular complexity index is 655. The number of pyridine rings is 1. The highest BCUT2D eigenvalue weighted by Gasteiger charge is 2.02. The van der Waals surface area contributed by atoms with E-state index in [9.17, 15) is 0 Å². The second-order valence-corrected chi connectivity index (χ2v) is 4.50.